The number of aliphatic hydroxyl groups excluding tert-OH is 2. The zero-order chi connectivity index (χ0) is 16.8. The third-order valence-electron chi connectivity index (χ3n) is 2.41. The number of benzene rings is 1. The van der Waals surface area contributed by atoms with Crippen molar-refractivity contribution in [3.8, 4) is 5.75 Å². The van der Waals surface area contributed by atoms with Gasteiger partial charge >= 0.3 is 6.09 Å². The second-order valence-electron chi connectivity index (χ2n) is 5.65. The Labute approximate surface area is 129 Å². The number of nitrogens with two attached hydrogens (primary N) is 1. The van der Waals surface area contributed by atoms with Crippen molar-refractivity contribution in [1.29, 1.82) is 0 Å². The number of aliphatic imine (C=N–C) groups is 1. The predicted molar refractivity (Wildman–Crippen MR) is 82.0 cm³/mol. The Morgan fingerprint density at radius 2 is 1.91 bits per heavy atom. The molecular formula is C15H22N2O5. The highest BCUT2D eigenvalue weighted by atomic mass is 16.6. The second-order valence-corrected chi connectivity index (χ2v) is 5.65. The third kappa shape index (κ3) is 6.55. The number of aliphatic hydroxyl groups is 2. The quantitative estimate of drug-likeness (QED) is 0.553. The predicted octanol–water partition coefficient (Wildman–Crippen LogP) is 1.06. The minimum atomic E-state index is -0.932. The molecule has 0 aliphatic heterocycles. The Hall–Kier alpha value is -2.12. The lowest BCUT2D eigenvalue weighted by atomic mass is 10.2. The number of hydrogen-bond acceptors (Lipinski definition) is 5. The maximum atomic E-state index is 11.6. The largest absolute Gasteiger partial charge is 0.491 e. The van der Waals surface area contributed by atoms with Gasteiger partial charge in [0.05, 0.1) is 6.61 Å². The monoisotopic (exact) mass is 310 g/mol. The van der Waals surface area contributed by atoms with Gasteiger partial charge in [-0.3, -0.25) is 0 Å². The average Bonchev–Trinajstić information content (AvgIpc) is 2.43. The number of ether oxygens (including phenoxy) is 2. The summed E-state index contributed by atoms with van der Waals surface area (Å²) in [4.78, 5) is 15.2. The van der Waals surface area contributed by atoms with Crippen LogP contribution in [0.15, 0.2) is 29.3 Å². The summed E-state index contributed by atoms with van der Waals surface area (Å²) in [5, 5.41) is 17.9. The van der Waals surface area contributed by atoms with Crippen LogP contribution in [0.4, 0.5) is 4.79 Å². The van der Waals surface area contributed by atoms with Crippen LogP contribution in [-0.4, -0.2) is 47.1 Å². The van der Waals surface area contributed by atoms with Crippen molar-refractivity contribution >= 4 is 11.9 Å². The Balaban J connectivity index is 2.67. The van der Waals surface area contributed by atoms with Gasteiger partial charge in [-0.25, -0.2) is 4.79 Å². The van der Waals surface area contributed by atoms with Crippen LogP contribution in [-0.2, 0) is 4.74 Å². The molecule has 122 valence electrons. The molecular weight excluding hydrogens is 288 g/mol. The van der Waals surface area contributed by atoms with Gasteiger partial charge in [-0.2, -0.15) is 4.99 Å². The van der Waals surface area contributed by atoms with Crippen molar-refractivity contribution < 1.29 is 24.5 Å². The molecule has 0 radical (unpaired) electrons. The molecule has 1 rings (SSSR count). The molecule has 0 spiro atoms. The Kier molecular flexibility index (Phi) is 6.33. The number of amidine groups is 1. The molecule has 0 saturated carbocycles. The first-order valence-corrected chi connectivity index (χ1v) is 6.80. The smallest absolute Gasteiger partial charge is 0.436 e. The van der Waals surface area contributed by atoms with Crippen LogP contribution < -0.4 is 10.5 Å². The van der Waals surface area contributed by atoms with Gasteiger partial charge < -0.3 is 25.4 Å². The average molecular weight is 310 g/mol. The van der Waals surface area contributed by atoms with Gasteiger partial charge in [0.1, 0.15) is 29.9 Å². The Bertz CT molecular complexity index is 520. The van der Waals surface area contributed by atoms with E-state index in [1.165, 1.54) is 0 Å². The second kappa shape index (κ2) is 7.77. The van der Waals surface area contributed by atoms with Crippen LogP contribution in [0.3, 0.4) is 0 Å². The first kappa shape index (κ1) is 17.9. The van der Waals surface area contributed by atoms with Crippen molar-refractivity contribution in [3.05, 3.63) is 29.8 Å². The lowest BCUT2D eigenvalue weighted by Crippen LogP contribution is -2.24. The normalized spacial score (nSPS) is 13.6. The van der Waals surface area contributed by atoms with Crippen LogP contribution in [0, 0.1) is 0 Å². The van der Waals surface area contributed by atoms with E-state index in [1.54, 1.807) is 45.0 Å². The van der Waals surface area contributed by atoms with E-state index in [-0.39, 0.29) is 19.0 Å². The summed E-state index contributed by atoms with van der Waals surface area (Å²) in [7, 11) is 0. The number of rotatable bonds is 5. The van der Waals surface area contributed by atoms with E-state index in [0.717, 1.165) is 0 Å². The Morgan fingerprint density at radius 3 is 2.41 bits per heavy atom. The van der Waals surface area contributed by atoms with E-state index in [0.29, 0.717) is 11.3 Å². The van der Waals surface area contributed by atoms with Gasteiger partial charge in [-0.05, 0) is 45.0 Å². The van der Waals surface area contributed by atoms with Crippen molar-refractivity contribution in [2.45, 2.75) is 32.5 Å². The number of hydrogen-bond donors (Lipinski definition) is 3. The van der Waals surface area contributed by atoms with Gasteiger partial charge in [-0.1, -0.05) is 0 Å². The van der Waals surface area contributed by atoms with Crippen molar-refractivity contribution in [1.82, 2.24) is 0 Å². The molecule has 1 aromatic carbocycles. The van der Waals surface area contributed by atoms with Crippen LogP contribution in [0.1, 0.15) is 26.3 Å². The number of nitrogens with zero attached hydrogens (tertiary/aromatic N) is 1. The maximum Gasteiger partial charge on any atom is 0.436 e. The Morgan fingerprint density at radius 1 is 1.32 bits per heavy atom. The summed E-state index contributed by atoms with van der Waals surface area (Å²) >= 11 is 0. The first-order valence-electron chi connectivity index (χ1n) is 6.80. The standard InChI is InChI=1S/C15H22N2O5/c1-15(2,3)22-14(20)17-13(16)10-4-6-12(7-5-10)21-9-11(19)8-18/h4-7,11,18-19H,8-9H2,1-3H3,(H2,16,17,20). The van der Waals surface area contributed by atoms with E-state index in [9.17, 15) is 9.90 Å². The van der Waals surface area contributed by atoms with Crippen molar-refractivity contribution in [2.75, 3.05) is 13.2 Å². The van der Waals surface area contributed by atoms with Crippen molar-refractivity contribution in [3.63, 3.8) is 0 Å². The molecule has 0 bridgehead atoms. The number of amides is 1. The summed E-state index contributed by atoms with van der Waals surface area (Å²) in [6.45, 7) is 4.83. The molecule has 4 N–H and O–H groups in total. The van der Waals surface area contributed by atoms with E-state index < -0.39 is 17.8 Å². The summed E-state index contributed by atoms with van der Waals surface area (Å²) < 4.78 is 10.3. The third-order valence-corrected chi connectivity index (χ3v) is 2.41. The van der Waals surface area contributed by atoms with Crippen LogP contribution >= 0.6 is 0 Å². The molecule has 7 heteroatoms. The summed E-state index contributed by atoms with van der Waals surface area (Å²) in [5.74, 6) is 0.539. The molecule has 7 nitrogen and oxygen atoms in total. The molecule has 1 unspecified atom stereocenters. The maximum absolute atomic E-state index is 11.6. The highest BCUT2D eigenvalue weighted by Crippen LogP contribution is 2.13. The summed E-state index contributed by atoms with van der Waals surface area (Å²) in [5.41, 5.74) is 5.65. The lowest BCUT2D eigenvalue weighted by molar-refractivity contribution is 0.0536. The molecule has 0 fully saturated rings. The van der Waals surface area contributed by atoms with Crippen LogP contribution in [0.5, 0.6) is 5.75 Å². The number of carbonyl (C=O) groups excluding carboxylic acids is 1. The zero-order valence-electron chi connectivity index (χ0n) is 12.9. The molecule has 1 amide bonds. The minimum absolute atomic E-state index is 0.0165. The van der Waals surface area contributed by atoms with E-state index >= 15 is 0 Å². The molecule has 0 aliphatic rings. The van der Waals surface area contributed by atoms with Gasteiger partial charge in [0.15, 0.2) is 0 Å². The zero-order valence-corrected chi connectivity index (χ0v) is 12.9. The number of carbonyl (C=O) groups is 1. The first-order chi connectivity index (χ1) is 10.2. The van der Waals surface area contributed by atoms with Crippen LogP contribution in [0.2, 0.25) is 0 Å². The van der Waals surface area contributed by atoms with E-state index in [1.807, 2.05) is 0 Å². The fourth-order valence-corrected chi connectivity index (χ4v) is 1.41. The lowest BCUT2D eigenvalue weighted by Gasteiger charge is -2.17. The highest BCUT2D eigenvalue weighted by molar-refractivity contribution is 6.02. The molecule has 0 aliphatic carbocycles. The molecule has 1 atom stereocenters. The molecule has 0 aromatic heterocycles. The molecule has 1 aromatic rings. The molecule has 0 saturated heterocycles. The summed E-state index contributed by atoms with van der Waals surface area (Å²) in [6.07, 6.45) is -1.69. The van der Waals surface area contributed by atoms with Gasteiger partial charge in [0.2, 0.25) is 0 Å². The topological polar surface area (TPSA) is 114 Å². The SMILES string of the molecule is CC(C)(C)OC(=O)N=C(N)c1ccc(OCC(O)CO)cc1. The minimum Gasteiger partial charge on any atom is -0.491 e. The van der Waals surface area contributed by atoms with E-state index in [2.05, 4.69) is 4.99 Å². The van der Waals surface area contributed by atoms with Gasteiger partial charge in [0, 0.05) is 5.56 Å². The fraction of sp³-hybridized carbons (Fsp3) is 0.467. The fourth-order valence-electron chi connectivity index (χ4n) is 1.41. The van der Waals surface area contributed by atoms with Crippen LogP contribution in [0.25, 0.3) is 0 Å². The van der Waals surface area contributed by atoms with Gasteiger partial charge in [-0.15, -0.1) is 0 Å². The molecule has 22 heavy (non-hydrogen) atoms. The van der Waals surface area contributed by atoms with Gasteiger partial charge in [0.25, 0.3) is 0 Å². The summed E-state index contributed by atoms with van der Waals surface area (Å²) in [6, 6.07) is 6.50. The molecule has 0 heterocycles. The highest BCUT2D eigenvalue weighted by Gasteiger charge is 2.16. The van der Waals surface area contributed by atoms with Crippen molar-refractivity contribution in [2.24, 2.45) is 10.7 Å². The van der Waals surface area contributed by atoms with E-state index in [4.69, 9.17) is 20.3 Å².